The molecule has 0 radical (unpaired) electrons. The molecule has 0 saturated carbocycles. The van der Waals surface area contributed by atoms with E-state index >= 15 is 0 Å². The van der Waals surface area contributed by atoms with Crippen LogP contribution in [-0.2, 0) is 19.1 Å². The Morgan fingerprint density at radius 3 is 2.59 bits per heavy atom. The van der Waals surface area contributed by atoms with E-state index < -0.39 is 25.1 Å². The standard InChI is InChI=1S/C20H16F2N2O5/c21-20(22)29-14-8-5-13(6-9-14)7-10-19(27)28-12-18(26)24-11-17(25)23-15-3-1-2-4-16(15)24/h1-10,20H,11-12H2,(H,23,25). The number of hydrogen-bond acceptors (Lipinski definition) is 5. The second-order valence-electron chi connectivity index (χ2n) is 5.93. The van der Waals surface area contributed by atoms with Gasteiger partial charge >= 0.3 is 12.6 Å². The number of hydrogen-bond donors (Lipinski definition) is 1. The Labute approximate surface area is 164 Å². The Bertz CT molecular complexity index is 944. The number of nitrogens with one attached hydrogen (secondary N) is 1. The average molecular weight is 402 g/mol. The maximum atomic E-state index is 12.4. The zero-order valence-corrected chi connectivity index (χ0v) is 15.0. The van der Waals surface area contributed by atoms with Crippen LogP contribution in [0.1, 0.15) is 5.56 Å². The summed E-state index contributed by atoms with van der Waals surface area (Å²) in [6.45, 7) is -3.62. The number of carbonyl (C=O) groups excluding carboxylic acids is 3. The van der Waals surface area contributed by atoms with Gasteiger partial charge in [-0.15, -0.1) is 0 Å². The van der Waals surface area contributed by atoms with Crippen molar-refractivity contribution < 1.29 is 32.6 Å². The van der Waals surface area contributed by atoms with Gasteiger partial charge in [-0.2, -0.15) is 8.78 Å². The highest BCUT2D eigenvalue weighted by Crippen LogP contribution is 2.28. The fourth-order valence-electron chi connectivity index (χ4n) is 2.64. The summed E-state index contributed by atoms with van der Waals surface area (Å²) in [5.74, 6) is -1.65. The summed E-state index contributed by atoms with van der Waals surface area (Å²) < 4.78 is 33.4. The van der Waals surface area contributed by atoms with Crippen molar-refractivity contribution in [2.24, 2.45) is 0 Å². The second kappa shape index (κ2) is 8.96. The molecule has 29 heavy (non-hydrogen) atoms. The second-order valence-corrected chi connectivity index (χ2v) is 5.93. The smallest absolute Gasteiger partial charge is 0.387 e. The van der Waals surface area contributed by atoms with Gasteiger partial charge in [0.1, 0.15) is 12.3 Å². The highest BCUT2D eigenvalue weighted by atomic mass is 19.3. The molecule has 0 aromatic heterocycles. The number of anilines is 2. The lowest BCUT2D eigenvalue weighted by Gasteiger charge is -2.28. The molecule has 150 valence electrons. The highest BCUT2D eigenvalue weighted by molar-refractivity contribution is 6.10. The number of fused-ring (bicyclic) bond motifs is 1. The van der Waals surface area contributed by atoms with Crippen LogP contribution in [0.2, 0.25) is 0 Å². The number of amides is 2. The minimum absolute atomic E-state index is 0.00354. The van der Waals surface area contributed by atoms with Gasteiger partial charge in [0.2, 0.25) is 5.91 Å². The van der Waals surface area contributed by atoms with Crippen molar-refractivity contribution >= 4 is 35.2 Å². The van der Waals surface area contributed by atoms with E-state index in [1.54, 1.807) is 24.3 Å². The van der Waals surface area contributed by atoms with Crippen LogP contribution in [0.3, 0.4) is 0 Å². The van der Waals surface area contributed by atoms with Crippen molar-refractivity contribution in [2.75, 3.05) is 23.4 Å². The van der Waals surface area contributed by atoms with Crippen molar-refractivity contribution in [1.82, 2.24) is 0 Å². The molecule has 0 spiro atoms. The highest BCUT2D eigenvalue weighted by Gasteiger charge is 2.26. The monoisotopic (exact) mass is 402 g/mol. The minimum Gasteiger partial charge on any atom is -0.452 e. The minimum atomic E-state index is -2.91. The molecule has 1 aliphatic rings. The molecule has 0 bridgehead atoms. The van der Waals surface area contributed by atoms with E-state index in [0.29, 0.717) is 16.9 Å². The molecule has 7 nitrogen and oxygen atoms in total. The number of alkyl halides is 2. The molecular formula is C20H16F2N2O5. The largest absolute Gasteiger partial charge is 0.452 e. The Morgan fingerprint density at radius 1 is 1.14 bits per heavy atom. The number of esters is 1. The maximum Gasteiger partial charge on any atom is 0.387 e. The zero-order chi connectivity index (χ0) is 20.8. The van der Waals surface area contributed by atoms with Gasteiger partial charge in [0.15, 0.2) is 6.61 Å². The lowest BCUT2D eigenvalue weighted by atomic mass is 10.2. The van der Waals surface area contributed by atoms with E-state index in [1.165, 1.54) is 35.2 Å². The topological polar surface area (TPSA) is 84.9 Å². The molecule has 0 unspecified atom stereocenters. The molecule has 2 aromatic rings. The van der Waals surface area contributed by atoms with E-state index in [9.17, 15) is 23.2 Å². The first-order valence-corrected chi connectivity index (χ1v) is 8.51. The number of para-hydroxylation sites is 2. The molecule has 3 rings (SSSR count). The quantitative estimate of drug-likeness (QED) is 0.593. The van der Waals surface area contributed by atoms with Gasteiger partial charge in [-0.1, -0.05) is 24.3 Å². The van der Waals surface area contributed by atoms with Crippen LogP contribution in [0.15, 0.2) is 54.6 Å². The molecule has 1 aliphatic heterocycles. The van der Waals surface area contributed by atoms with Crippen LogP contribution in [0.4, 0.5) is 20.2 Å². The third-order valence-electron chi connectivity index (χ3n) is 3.93. The molecule has 0 saturated heterocycles. The van der Waals surface area contributed by atoms with Crippen LogP contribution < -0.4 is 15.0 Å². The van der Waals surface area contributed by atoms with Crippen molar-refractivity contribution in [3.8, 4) is 5.75 Å². The molecule has 1 N–H and O–H groups in total. The van der Waals surface area contributed by atoms with Crippen molar-refractivity contribution in [3.63, 3.8) is 0 Å². The zero-order valence-electron chi connectivity index (χ0n) is 15.0. The molecule has 0 aliphatic carbocycles. The van der Waals surface area contributed by atoms with Gasteiger partial charge in [0.05, 0.1) is 11.4 Å². The number of ether oxygens (including phenoxy) is 2. The Kier molecular flexibility index (Phi) is 6.18. The predicted octanol–water partition coefficient (Wildman–Crippen LogP) is 2.83. The number of rotatable bonds is 6. The van der Waals surface area contributed by atoms with Gasteiger partial charge in [-0.05, 0) is 35.9 Å². The first-order valence-electron chi connectivity index (χ1n) is 8.51. The van der Waals surface area contributed by atoms with Gasteiger partial charge in [-0.25, -0.2) is 4.79 Å². The van der Waals surface area contributed by atoms with E-state index in [-0.39, 0.29) is 18.2 Å². The summed E-state index contributed by atoms with van der Waals surface area (Å²) in [4.78, 5) is 37.2. The maximum absolute atomic E-state index is 12.4. The van der Waals surface area contributed by atoms with Gasteiger partial charge < -0.3 is 14.8 Å². The molecule has 1 heterocycles. The van der Waals surface area contributed by atoms with Crippen molar-refractivity contribution in [2.45, 2.75) is 6.61 Å². The van der Waals surface area contributed by atoms with E-state index in [2.05, 4.69) is 10.1 Å². The first kappa shape index (κ1) is 20.0. The average Bonchev–Trinajstić information content (AvgIpc) is 2.70. The summed E-state index contributed by atoms with van der Waals surface area (Å²) in [6, 6.07) is 12.4. The van der Waals surface area contributed by atoms with Crippen LogP contribution in [0.5, 0.6) is 5.75 Å². The Balaban J connectivity index is 1.55. The molecule has 0 fully saturated rings. The number of nitrogens with zero attached hydrogens (tertiary/aromatic N) is 1. The molecular weight excluding hydrogens is 386 g/mol. The Hall–Kier alpha value is -3.75. The molecule has 9 heteroatoms. The summed E-state index contributed by atoms with van der Waals surface area (Å²) in [7, 11) is 0. The van der Waals surface area contributed by atoms with Gasteiger partial charge in [-0.3, -0.25) is 14.5 Å². The molecule has 0 atom stereocenters. The van der Waals surface area contributed by atoms with Gasteiger partial charge in [0, 0.05) is 6.08 Å². The summed E-state index contributed by atoms with van der Waals surface area (Å²) in [5, 5.41) is 2.66. The van der Waals surface area contributed by atoms with E-state index in [0.717, 1.165) is 6.08 Å². The fourth-order valence-corrected chi connectivity index (χ4v) is 2.64. The Morgan fingerprint density at radius 2 is 1.86 bits per heavy atom. The first-order chi connectivity index (χ1) is 13.9. The summed E-state index contributed by atoms with van der Waals surface area (Å²) >= 11 is 0. The van der Waals surface area contributed by atoms with Crippen molar-refractivity contribution in [3.05, 3.63) is 60.2 Å². The van der Waals surface area contributed by atoms with Crippen LogP contribution in [0, 0.1) is 0 Å². The number of carbonyl (C=O) groups is 3. The third-order valence-corrected chi connectivity index (χ3v) is 3.93. The molecule has 2 amide bonds. The lowest BCUT2D eigenvalue weighted by molar-refractivity contribution is -0.143. The van der Waals surface area contributed by atoms with Crippen LogP contribution in [0.25, 0.3) is 6.08 Å². The van der Waals surface area contributed by atoms with Crippen LogP contribution in [-0.4, -0.2) is 37.5 Å². The predicted molar refractivity (Wildman–Crippen MR) is 100 cm³/mol. The number of halogens is 2. The van der Waals surface area contributed by atoms with Gasteiger partial charge in [0.25, 0.3) is 5.91 Å². The normalized spacial score (nSPS) is 13.2. The summed E-state index contributed by atoms with van der Waals surface area (Å²) in [5.41, 5.74) is 1.58. The fraction of sp³-hybridized carbons (Fsp3) is 0.150. The number of benzene rings is 2. The lowest BCUT2D eigenvalue weighted by Crippen LogP contribution is -2.43. The third kappa shape index (κ3) is 5.38. The van der Waals surface area contributed by atoms with E-state index in [4.69, 9.17) is 4.74 Å². The van der Waals surface area contributed by atoms with Crippen LogP contribution >= 0.6 is 0 Å². The molecule has 2 aromatic carbocycles. The van der Waals surface area contributed by atoms with Crippen molar-refractivity contribution in [1.29, 1.82) is 0 Å². The van der Waals surface area contributed by atoms with E-state index in [1.807, 2.05) is 0 Å². The SMILES string of the molecule is O=C1CN(C(=O)COC(=O)C=Cc2ccc(OC(F)F)cc2)c2ccccc2N1. The summed E-state index contributed by atoms with van der Waals surface area (Å²) in [6.07, 6.45) is 2.51.